The summed E-state index contributed by atoms with van der Waals surface area (Å²) in [6.07, 6.45) is 2.21. The Morgan fingerprint density at radius 1 is 1.36 bits per heavy atom. The monoisotopic (exact) mass is 301 g/mol. The van der Waals surface area contributed by atoms with E-state index >= 15 is 0 Å². The van der Waals surface area contributed by atoms with Crippen LogP contribution < -0.4 is 4.68 Å². The first-order valence-electron chi connectivity index (χ1n) is 4.76. The molecule has 1 heterocycles. The zero-order chi connectivity index (χ0) is 10.3. The summed E-state index contributed by atoms with van der Waals surface area (Å²) in [5.74, 6) is 0. The Labute approximate surface area is 97.7 Å². The van der Waals surface area contributed by atoms with Gasteiger partial charge in [0.25, 0.3) is 0 Å². The maximum atomic E-state index is 2.35. The molecule has 0 unspecified atom stereocenters. The van der Waals surface area contributed by atoms with Crippen LogP contribution in [0.1, 0.15) is 19.9 Å². The van der Waals surface area contributed by atoms with E-state index in [2.05, 4.69) is 77.2 Å². The van der Waals surface area contributed by atoms with E-state index in [0.717, 1.165) is 0 Å². The van der Waals surface area contributed by atoms with Gasteiger partial charge in [-0.2, -0.15) is 4.68 Å². The molecule has 0 atom stereocenters. The highest BCUT2D eigenvalue weighted by Gasteiger charge is 2.15. The smallest absolute Gasteiger partial charge is 0.156 e. The fourth-order valence-corrected chi connectivity index (χ4v) is 2.29. The van der Waals surface area contributed by atoms with Gasteiger partial charge in [0.1, 0.15) is 5.52 Å². The molecule has 0 spiro atoms. The van der Waals surface area contributed by atoms with Crippen molar-refractivity contribution in [1.82, 2.24) is 4.68 Å². The summed E-state index contributed by atoms with van der Waals surface area (Å²) in [7, 11) is 2.11. The lowest BCUT2D eigenvalue weighted by Gasteiger charge is -1.99. The number of nitrogens with zero attached hydrogens (tertiary/aromatic N) is 2. The first-order valence-corrected chi connectivity index (χ1v) is 5.84. The molecule has 0 saturated carbocycles. The molecule has 0 aliphatic rings. The number of rotatable bonds is 1. The molecule has 14 heavy (non-hydrogen) atoms. The second kappa shape index (κ2) is 3.53. The van der Waals surface area contributed by atoms with Gasteiger partial charge in [-0.3, -0.25) is 0 Å². The highest BCUT2D eigenvalue weighted by Crippen LogP contribution is 2.16. The van der Waals surface area contributed by atoms with E-state index in [4.69, 9.17) is 0 Å². The fraction of sp³-hybridized carbons (Fsp3) is 0.364. The van der Waals surface area contributed by atoms with Gasteiger partial charge in [0.15, 0.2) is 6.04 Å². The van der Waals surface area contributed by atoms with Gasteiger partial charge < -0.3 is 0 Å². The van der Waals surface area contributed by atoms with Gasteiger partial charge in [0.05, 0.1) is 12.4 Å². The fourth-order valence-electron chi connectivity index (χ4n) is 1.77. The second-order valence-corrected chi connectivity index (χ2v) is 5.08. The van der Waals surface area contributed by atoms with Crippen LogP contribution in [-0.2, 0) is 7.05 Å². The largest absolute Gasteiger partial charge is 0.203 e. The van der Waals surface area contributed by atoms with E-state index in [-0.39, 0.29) is 0 Å². The first-order chi connectivity index (χ1) is 6.59. The maximum absolute atomic E-state index is 2.35. The van der Waals surface area contributed by atoms with Crippen LogP contribution in [0.5, 0.6) is 0 Å². The van der Waals surface area contributed by atoms with Crippen LogP contribution in [0.15, 0.2) is 24.4 Å². The topological polar surface area (TPSA) is 8.81 Å². The van der Waals surface area contributed by atoms with Crippen molar-refractivity contribution in [1.29, 1.82) is 0 Å². The zero-order valence-electron chi connectivity index (χ0n) is 8.66. The zero-order valence-corrected chi connectivity index (χ0v) is 10.8. The lowest BCUT2D eigenvalue weighted by Crippen LogP contribution is -2.43. The van der Waals surface area contributed by atoms with Crippen molar-refractivity contribution < 1.29 is 4.68 Å². The molecule has 2 aromatic rings. The molecule has 0 aliphatic heterocycles. The standard InChI is InChI=1S/C11H14IN2/c1-8(2)14-7-9-6-10(12)4-5-11(9)13(14)3/h4-8H,1-3H3/q+1. The number of benzene rings is 1. The Balaban J connectivity index is 2.73. The molecule has 0 aliphatic carbocycles. The molecule has 1 aromatic carbocycles. The Morgan fingerprint density at radius 3 is 2.71 bits per heavy atom. The molecule has 0 amide bonds. The average molecular weight is 301 g/mol. The minimum atomic E-state index is 0.505. The predicted octanol–water partition coefficient (Wildman–Crippen LogP) is 2.65. The van der Waals surface area contributed by atoms with Crippen molar-refractivity contribution in [3.05, 3.63) is 28.0 Å². The molecule has 2 nitrogen and oxygen atoms in total. The van der Waals surface area contributed by atoms with Crippen molar-refractivity contribution >= 4 is 33.5 Å². The van der Waals surface area contributed by atoms with Gasteiger partial charge in [0.2, 0.25) is 6.20 Å². The molecule has 0 saturated heterocycles. The average Bonchev–Trinajstić information content (AvgIpc) is 2.43. The molecule has 0 bridgehead atoms. The van der Waals surface area contributed by atoms with Gasteiger partial charge >= 0.3 is 0 Å². The minimum Gasteiger partial charge on any atom is -0.156 e. The number of fused-ring (bicyclic) bond motifs is 1. The summed E-state index contributed by atoms with van der Waals surface area (Å²) < 4.78 is 5.74. The maximum Gasteiger partial charge on any atom is 0.203 e. The first kappa shape index (κ1) is 9.96. The highest BCUT2D eigenvalue weighted by atomic mass is 127. The number of hydrogen-bond donors (Lipinski definition) is 0. The quantitative estimate of drug-likeness (QED) is 0.565. The summed E-state index contributed by atoms with van der Waals surface area (Å²) >= 11 is 2.35. The van der Waals surface area contributed by atoms with Crippen LogP contribution in [0.25, 0.3) is 10.9 Å². The predicted molar refractivity (Wildman–Crippen MR) is 66.2 cm³/mol. The lowest BCUT2D eigenvalue weighted by molar-refractivity contribution is -0.787. The SMILES string of the molecule is CC(C)[n+]1cc2cc(I)ccc2n1C. The lowest BCUT2D eigenvalue weighted by atomic mass is 10.3. The van der Waals surface area contributed by atoms with Crippen LogP contribution in [0.2, 0.25) is 0 Å². The molecular formula is C11H14IN2+. The Kier molecular flexibility index (Phi) is 2.51. The van der Waals surface area contributed by atoms with E-state index in [1.807, 2.05) is 0 Å². The highest BCUT2D eigenvalue weighted by molar-refractivity contribution is 14.1. The van der Waals surface area contributed by atoms with Gasteiger partial charge in [-0.1, -0.05) is 0 Å². The van der Waals surface area contributed by atoms with Crippen molar-refractivity contribution in [3.63, 3.8) is 0 Å². The third-order valence-electron chi connectivity index (χ3n) is 2.49. The van der Waals surface area contributed by atoms with E-state index in [0.29, 0.717) is 6.04 Å². The van der Waals surface area contributed by atoms with Crippen molar-refractivity contribution in [2.45, 2.75) is 19.9 Å². The molecule has 74 valence electrons. The number of aromatic nitrogens is 2. The van der Waals surface area contributed by atoms with Crippen molar-refractivity contribution in [3.8, 4) is 0 Å². The molecule has 0 N–H and O–H groups in total. The summed E-state index contributed by atoms with van der Waals surface area (Å²) in [5, 5.41) is 1.31. The van der Waals surface area contributed by atoms with Gasteiger partial charge in [0, 0.05) is 3.57 Å². The molecule has 0 radical (unpaired) electrons. The molecule has 2 rings (SSSR count). The van der Waals surface area contributed by atoms with Gasteiger partial charge in [-0.15, -0.1) is 4.68 Å². The molecular weight excluding hydrogens is 287 g/mol. The van der Waals surface area contributed by atoms with E-state index in [1.165, 1.54) is 14.5 Å². The third-order valence-corrected chi connectivity index (χ3v) is 3.16. The molecule has 0 fully saturated rings. The van der Waals surface area contributed by atoms with Crippen LogP contribution >= 0.6 is 22.6 Å². The molecule has 1 aromatic heterocycles. The number of halogens is 1. The van der Waals surface area contributed by atoms with Crippen LogP contribution in [0.3, 0.4) is 0 Å². The van der Waals surface area contributed by atoms with Crippen LogP contribution in [-0.4, -0.2) is 4.68 Å². The van der Waals surface area contributed by atoms with Crippen LogP contribution in [0, 0.1) is 3.57 Å². The minimum absolute atomic E-state index is 0.505. The number of aryl methyl sites for hydroxylation is 1. The van der Waals surface area contributed by atoms with Crippen LogP contribution in [0.4, 0.5) is 0 Å². The molecule has 3 heteroatoms. The van der Waals surface area contributed by atoms with Crippen molar-refractivity contribution in [2.75, 3.05) is 0 Å². The normalized spacial score (nSPS) is 11.5. The summed E-state index contributed by atoms with van der Waals surface area (Å²) in [6.45, 7) is 4.40. The van der Waals surface area contributed by atoms with Gasteiger partial charge in [-0.05, 0) is 54.6 Å². The second-order valence-electron chi connectivity index (χ2n) is 3.83. The Hall–Kier alpha value is -0.580. The summed E-state index contributed by atoms with van der Waals surface area (Å²) in [5.41, 5.74) is 1.29. The van der Waals surface area contributed by atoms with E-state index < -0.39 is 0 Å². The summed E-state index contributed by atoms with van der Waals surface area (Å²) in [6, 6.07) is 7.04. The van der Waals surface area contributed by atoms with Gasteiger partial charge in [-0.25, -0.2) is 0 Å². The third kappa shape index (κ3) is 1.54. The van der Waals surface area contributed by atoms with E-state index in [9.17, 15) is 0 Å². The summed E-state index contributed by atoms with van der Waals surface area (Å²) in [4.78, 5) is 0. The van der Waals surface area contributed by atoms with Crippen molar-refractivity contribution in [2.24, 2.45) is 7.05 Å². The van der Waals surface area contributed by atoms with E-state index in [1.54, 1.807) is 0 Å². The Morgan fingerprint density at radius 2 is 2.07 bits per heavy atom. The number of hydrogen-bond acceptors (Lipinski definition) is 0. The Bertz CT molecular complexity index is 471.